The van der Waals surface area contributed by atoms with E-state index in [1.807, 2.05) is 24.3 Å². The van der Waals surface area contributed by atoms with Gasteiger partial charge in [0.15, 0.2) is 0 Å². The average Bonchev–Trinajstić information content (AvgIpc) is 3.23. The van der Waals surface area contributed by atoms with E-state index in [0.29, 0.717) is 64.5 Å². The van der Waals surface area contributed by atoms with Crippen molar-refractivity contribution in [2.45, 2.75) is 24.7 Å². The Kier molecular flexibility index (Phi) is 11.2. The van der Waals surface area contributed by atoms with Gasteiger partial charge in [-0.25, -0.2) is 0 Å². The lowest BCUT2D eigenvalue weighted by Crippen LogP contribution is -2.27. The molecule has 0 aromatic heterocycles. The van der Waals surface area contributed by atoms with Crippen LogP contribution >= 0.6 is 15.8 Å². The summed E-state index contributed by atoms with van der Waals surface area (Å²) < 4.78 is 167. The van der Waals surface area contributed by atoms with Crippen LogP contribution in [0.5, 0.6) is 0 Å². The highest BCUT2D eigenvalue weighted by molar-refractivity contribution is 7.80. The predicted octanol–water partition coefficient (Wildman–Crippen LogP) is 13.3. The van der Waals surface area contributed by atoms with Gasteiger partial charge in [-0.2, -0.15) is 52.7 Å². The van der Waals surface area contributed by atoms with Gasteiger partial charge in [0.2, 0.25) is 0 Å². The molecule has 0 atom stereocenters. The van der Waals surface area contributed by atoms with Gasteiger partial charge in [-0.15, -0.1) is 0 Å². The van der Waals surface area contributed by atoms with Crippen LogP contribution in [0.4, 0.5) is 52.7 Å². The summed E-state index contributed by atoms with van der Waals surface area (Å²) in [6.45, 7) is 0. The lowest BCUT2D eigenvalue weighted by molar-refractivity contribution is -0.138. The van der Waals surface area contributed by atoms with E-state index in [1.54, 1.807) is 48.5 Å². The van der Waals surface area contributed by atoms with Crippen LogP contribution in [0.1, 0.15) is 22.3 Å². The maximum Gasteiger partial charge on any atom is 0.416 e. The average molecular weight is 895 g/mol. The summed E-state index contributed by atoms with van der Waals surface area (Å²) in [5, 5.41) is 5.28. The minimum absolute atomic E-state index is 0.374. The topological polar surface area (TPSA) is 0 Å². The number of hydrogen-bond acceptors (Lipinski definition) is 0. The van der Waals surface area contributed by atoms with Crippen molar-refractivity contribution < 1.29 is 52.7 Å². The summed E-state index contributed by atoms with van der Waals surface area (Å²) in [5.41, 5.74) is -2.64. The minimum atomic E-state index is -4.69. The van der Waals surface area contributed by atoms with Crippen molar-refractivity contribution in [2.24, 2.45) is 0 Å². The Labute approximate surface area is 349 Å². The molecule has 0 aliphatic carbocycles. The molecule has 8 aromatic carbocycles. The van der Waals surface area contributed by atoms with E-state index in [2.05, 4.69) is 0 Å². The van der Waals surface area contributed by atoms with E-state index in [9.17, 15) is 52.7 Å². The normalized spacial score (nSPS) is 12.8. The van der Waals surface area contributed by atoms with E-state index in [4.69, 9.17) is 0 Å². The Hall–Kier alpha value is -5.70. The van der Waals surface area contributed by atoms with Crippen molar-refractivity contribution >= 4 is 69.2 Å². The Balaban J connectivity index is 1.48. The van der Waals surface area contributed by atoms with Gasteiger partial charge in [-0.3, -0.25) is 0 Å². The molecule has 0 spiro atoms. The molecule has 0 saturated carbocycles. The monoisotopic (exact) mass is 894 g/mol. The van der Waals surface area contributed by atoms with E-state index < -0.39 is 62.8 Å². The lowest BCUT2D eigenvalue weighted by Gasteiger charge is -2.29. The van der Waals surface area contributed by atoms with Gasteiger partial charge in [-0.1, -0.05) is 121 Å². The molecule has 0 N–H and O–H groups in total. The summed E-state index contributed by atoms with van der Waals surface area (Å²) >= 11 is 0. The highest BCUT2D eigenvalue weighted by Crippen LogP contribution is 2.47. The zero-order valence-corrected chi connectivity index (χ0v) is 33.4. The summed E-state index contributed by atoms with van der Waals surface area (Å²) in [7, 11) is -3.94. The van der Waals surface area contributed by atoms with E-state index in [0.717, 1.165) is 48.5 Å². The number of fused-ring (bicyclic) bond motifs is 2. The summed E-state index contributed by atoms with van der Waals surface area (Å²) in [6, 6.07) is 39.3. The van der Waals surface area contributed by atoms with Crippen LogP contribution in [-0.4, -0.2) is 0 Å². The van der Waals surface area contributed by atoms with Gasteiger partial charge in [0.1, 0.15) is 0 Å². The second kappa shape index (κ2) is 16.2. The fourth-order valence-corrected chi connectivity index (χ4v) is 12.3. The van der Waals surface area contributed by atoms with Crippen LogP contribution < -0.4 is 31.8 Å². The molecule has 0 nitrogen and oxygen atoms in total. The van der Waals surface area contributed by atoms with Crippen LogP contribution in [0.3, 0.4) is 0 Å². The van der Waals surface area contributed by atoms with Gasteiger partial charge in [0.25, 0.3) is 0 Å². The second-order valence-electron chi connectivity index (χ2n) is 14.2. The minimum Gasteiger partial charge on any atom is -0.166 e. The Morgan fingerprint density at radius 2 is 0.500 bits per heavy atom. The first-order valence-corrected chi connectivity index (χ1v) is 21.3. The van der Waals surface area contributed by atoms with Crippen LogP contribution in [-0.2, 0) is 24.7 Å². The molecule has 0 fully saturated rings. The van der Waals surface area contributed by atoms with E-state index >= 15 is 0 Å². The third kappa shape index (κ3) is 8.55. The molecular formula is C48H28F12P2. The van der Waals surface area contributed by atoms with Gasteiger partial charge < -0.3 is 0 Å². The Bertz CT molecular complexity index is 2560. The van der Waals surface area contributed by atoms with Crippen LogP contribution in [0, 0.1) is 0 Å². The molecular weight excluding hydrogens is 866 g/mol. The van der Waals surface area contributed by atoms with Gasteiger partial charge in [-0.05, 0) is 129 Å². The van der Waals surface area contributed by atoms with Gasteiger partial charge in [0.05, 0.1) is 22.3 Å². The largest absolute Gasteiger partial charge is 0.416 e. The molecule has 0 heterocycles. The van der Waals surface area contributed by atoms with Crippen molar-refractivity contribution in [3.8, 4) is 11.1 Å². The fraction of sp³-hybridized carbons (Fsp3) is 0.0833. The molecule has 62 heavy (non-hydrogen) atoms. The maximum absolute atomic E-state index is 13.9. The molecule has 0 bridgehead atoms. The first-order chi connectivity index (χ1) is 29.3. The van der Waals surface area contributed by atoms with Gasteiger partial charge in [0, 0.05) is 0 Å². The SMILES string of the molecule is FC(F)(F)c1ccc(P(c2ccc(C(F)(F)F)cc2)c2ccc3ccccc3c2-c2c(P(c3ccc(C(F)(F)F)cc3)c3ccc(C(F)(F)F)cc3)ccc3ccccc23)cc1. The highest BCUT2D eigenvalue weighted by atomic mass is 31.1. The smallest absolute Gasteiger partial charge is 0.166 e. The van der Waals surface area contributed by atoms with Gasteiger partial charge >= 0.3 is 24.7 Å². The molecule has 0 amide bonds. The highest BCUT2D eigenvalue weighted by Gasteiger charge is 2.35. The third-order valence-corrected chi connectivity index (χ3v) is 15.3. The zero-order chi connectivity index (χ0) is 44.2. The Morgan fingerprint density at radius 1 is 0.258 bits per heavy atom. The van der Waals surface area contributed by atoms with Crippen molar-refractivity contribution in [1.29, 1.82) is 0 Å². The molecule has 0 radical (unpaired) electrons. The summed E-state index contributed by atoms with van der Waals surface area (Å²) in [6.07, 6.45) is -18.7. The quantitative estimate of drug-likeness (QED) is 0.110. The Morgan fingerprint density at radius 3 is 0.742 bits per heavy atom. The van der Waals surface area contributed by atoms with Crippen molar-refractivity contribution in [3.63, 3.8) is 0 Å². The molecule has 8 aromatic rings. The number of rotatable bonds is 7. The lowest BCUT2D eigenvalue weighted by atomic mass is 9.93. The van der Waals surface area contributed by atoms with E-state index in [1.165, 1.54) is 48.5 Å². The number of halogens is 12. The van der Waals surface area contributed by atoms with E-state index in [-0.39, 0.29) is 0 Å². The summed E-state index contributed by atoms with van der Waals surface area (Å²) in [5.74, 6) is 0. The molecule has 314 valence electrons. The zero-order valence-electron chi connectivity index (χ0n) is 31.6. The number of alkyl halides is 12. The number of benzene rings is 8. The summed E-state index contributed by atoms with van der Waals surface area (Å²) in [4.78, 5) is 0. The third-order valence-electron chi connectivity index (χ3n) is 10.4. The molecule has 0 aliphatic rings. The molecule has 8 rings (SSSR count). The molecule has 0 aliphatic heterocycles. The van der Waals surface area contributed by atoms with Crippen LogP contribution in [0.15, 0.2) is 170 Å². The standard InChI is InChI=1S/C48H28F12P2/c49-45(50,51)31-11-19-35(20-12-31)61(36-21-13-32(14-22-36)46(52,53)54)41-27-9-29-5-1-3-7-39(29)43(41)44-40-8-4-2-6-30(40)10-28-42(44)62(37-23-15-33(16-24-37)47(55,56)57)38-25-17-34(18-26-38)48(58,59)60/h1-28H. The molecule has 0 unspecified atom stereocenters. The maximum atomic E-state index is 13.9. The van der Waals surface area contributed by atoms with Crippen LogP contribution in [0.2, 0.25) is 0 Å². The van der Waals surface area contributed by atoms with Crippen LogP contribution in [0.25, 0.3) is 32.7 Å². The second-order valence-corrected chi connectivity index (χ2v) is 18.6. The van der Waals surface area contributed by atoms with Crippen molar-refractivity contribution in [3.05, 3.63) is 192 Å². The number of hydrogen-bond donors (Lipinski definition) is 0. The van der Waals surface area contributed by atoms with Crippen molar-refractivity contribution in [1.82, 2.24) is 0 Å². The first-order valence-electron chi connectivity index (χ1n) is 18.6. The molecule has 14 heteroatoms. The van der Waals surface area contributed by atoms with Crippen molar-refractivity contribution in [2.75, 3.05) is 0 Å². The molecule has 0 saturated heterocycles. The first kappa shape index (κ1) is 43.0. The fourth-order valence-electron chi connectivity index (χ4n) is 7.47. The predicted molar refractivity (Wildman–Crippen MR) is 224 cm³/mol.